The molecule has 0 amide bonds. The average Bonchev–Trinajstić information content (AvgIpc) is 3.06. The van der Waals surface area contributed by atoms with Crippen LogP contribution in [0, 0.1) is 0 Å². The van der Waals surface area contributed by atoms with E-state index in [1.54, 1.807) is 6.07 Å². The zero-order valence-corrected chi connectivity index (χ0v) is 17.9. The molecule has 4 N–H and O–H groups in total. The van der Waals surface area contributed by atoms with E-state index < -0.39 is 10.0 Å². The van der Waals surface area contributed by atoms with Gasteiger partial charge in [-0.3, -0.25) is 0 Å². The molecule has 1 aliphatic heterocycles. The van der Waals surface area contributed by atoms with Gasteiger partial charge in [-0.1, -0.05) is 30.3 Å². The third-order valence-electron chi connectivity index (χ3n) is 5.57. The van der Waals surface area contributed by atoms with E-state index in [1.807, 2.05) is 54.6 Å². The van der Waals surface area contributed by atoms with Crippen molar-refractivity contribution >= 4 is 26.7 Å². The van der Waals surface area contributed by atoms with Gasteiger partial charge in [0.05, 0.1) is 17.4 Å². The third kappa shape index (κ3) is 3.90. The predicted molar refractivity (Wildman–Crippen MR) is 121 cm³/mol. The second-order valence-electron chi connectivity index (χ2n) is 7.78. The Kier molecular flexibility index (Phi) is 5.03. The van der Waals surface area contributed by atoms with E-state index in [-0.39, 0.29) is 16.9 Å². The molecule has 4 aromatic rings. The van der Waals surface area contributed by atoms with Gasteiger partial charge < -0.3 is 19.6 Å². The lowest BCUT2D eigenvalue weighted by molar-refractivity contribution is 0.165. The fourth-order valence-electron chi connectivity index (χ4n) is 4.09. The third-order valence-corrected chi connectivity index (χ3v) is 6.49. The van der Waals surface area contributed by atoms with Crippen molar-refractivity contribution < 1.29 is 22.3 Å². The molecular weight excluding hydrogens is 428 g/mol. The standard InChI is InChI=1S/C24H22N2O5S/c25-17-6-3-5-16(12-17)24(23-13-15-4-1-2-7-19(15)30-23)21-10-11-29-22-14-18(32(26,27)28)8-9-20(22)31-21/h1-9,12-14,21,24H,10-11,25H2,(H2,26,27,28)/t21?,24-/m1/s1. The summed E-state index contributed by atoms with van der Waals surface area (Å²) in [5.41, 5.74) is 8.47. The van der Waals surface area contributed by atoms with Crippen molar-refractivity contribution in [1.29, 1.82) is 0 Å². The van der Waals surface area contributed by atoms with Gasteiger partial charge in [0.1, 0.15) is 17.4 Å². The second-order valence-corrected chi connectivity index (χ2v) is 9.34. The molecule has 1 unspecified atom stereocenters. The molecule has 3 aromatic carbocycles. The molecule has 0 saturated heterocycles. The van der Waals surface area contributed by atoms with Gasteiger partial charge in [0.15, 0.2) is 11.5 Å². The van der Waals surface area contributed by atoms with Crippen LogP contribution >= 0.6 is 0 Å². The molecule has 2 atom stereocenters. The smallest absolute Gasteiger partial charge is 0.238 e. The molecule has 0 radical (unpaired) electrons. The number of hydrogen-bond donors (Lipinski definition) is 2. The summed E-state index contributed by atoms with van der Waals surface area (Å²) in [5.74, 6) is 1.30. The number of benzene rings is 3. The van der Waals surface area contributed by atoms with E-state index in [0.29, 0.717) is 30.2 Å². The molecule has 7 nitrogen and oxygen atoms in total. The van der Waals surface area contributed by atoms with E-state index in [4.69, 9.17) is 24.8 Å². The van der Waals surface area contributed by atoms with Crippen LogP contribution in [-0.2, 0) is 10.0 Å². The fraction of sp³-hybridized carbons (Fsp3) is 0.167. The zero-order valence-electron chi connectivity index (χ0n) is 17.1. The minimum absolute atomic E-state index is 0.0250. The summed E-state index contributed by atoms with van der Waals surface area (Å²) < 4.78 is 41.8. The Labute approximate surface area is 185 Å². The first kappa shape index (κ1) is 20.4. The van der Waals surface area contributed by atoms with Gasteiger partial charge in [-0.15, -0.1) is 0 Å². The Bertz CT molecular complexity index is 1360. The molecule has 1 aromatic heterocycles. The number of nitrogen functional groups attached to an aromatic ring is 1. The van der Waals surface area contributed by atoms with Crippen LogP contribution in [0.1, 0.15) is 23.7 Å². The van der Waals surface area contributed by atoms with Crippen molar-refractivity contribution in [3.05, 3.63) is 84.1 Å². The Balaban J connectivity index is 1.58. The highest BCUT2D eigenvalue weighted by molar-refractivity contribution is 7.89. The summed E-state index contributed by atoms with van der Waals surface area (Å²) in [7, 11) is -3.85. The van der Waals surface area contributed by atoms with Gasteiger partial charge in [0.25, 0.3) is 0 Å². The van der Waals surface area contributed by atoms with E-state index >= 15 is 0 Å². The quantitative estimate of drug-likeness (QED) is 0.453. The SMILES string of the molecule is Nc1cccc([C@@H](c2cc3ccccc3o2)C2CCOc3cc(S(N)(=O)=O)ccc3O2)c1. The topological polar surface area (TPSA) is 118 Å². The molecule has 32 heavy (non-hydrogen) atoms. The first-order chi connectivity index (χ1) is 15.4. The second kappa shape index (κ2) is 7.89. The minimum Gasteiger partial charge on any atom is -0.490 e. The van der Waals surface area contributed by atoms with Crippen LogP contribution in [-0.4, -0.2) is 21.1 Å². The summed E-state index contributed by atoms with van der Waals surface area (Å²) in [4.78, 5) is -0.0250. The largest absolute Gasteiger partial charge is 0.490 e. The van der Waals surface area contributed by atoms with Crippen molar-refractivity contribution in [1.82, 2.24) is 0 Å². The fourth-order valence-corrected chi connectivity index (χ4v) is 4.62. The van der Waals surface area contributed by atoms with Crippen LogP contribution in [0.15, 0.2) is 82.1 Å². The van der Waals surface area contributed by atoms with Crippen molar-refractivity contribution in [2.45, 2.75) is 23.3 Å². The molecule has 0 aliphatic carbocycles. The first-order valence-corrected chi connectivity index (χ1v) is 11.7. The van der Waals surface area contributed by atoms with Crippen LogP contribution in [0.4, 0.5) is 5.69 Å². The van der Waals surface area contributed by atoms with Crippen LogP contribution in [0.5, 0.6) is 11.5 Å². The van der Waals surface area contributed by atoms with Gasteiger partial charge in [0, 0.05) is 23.6 Å². The van der Waals surface area contributed by atoms with Gasteiger partial charge >= 0.3 is 0 Å². The normalized spacial score (nSPS) is 17.1. The molecule has 0 saturated carbocycles. The summed E-state index contributed by atoms with van der Waals surface area (Å²) in [6, 6.07) is 21.9. The van der Waals surface area contributed by atoms with Gasteiger partial charge in [-0.25, -0.2) is 13.6 Å². The van der Waals surface area contributed by atoms with Crippen LogP contribution in [0.25, 0.3) is 11.0 Å². The maximum atomic E-state index is 11.7. The van der Waals surface area contributed by atoms with E-state index in [1.165, 1.54) is 12.1 Å². The highest BCUT2D eigenvalue weighted by Gasteiger charge is 2.32. The Hall–Kier alpha value is -3.49. The molecule has 0 spiro atoms. The summed E-state index contributed by atoms with van der Waals surface area (Å²) in [6.07, 6.45) is 0.217. The van der Waals surface area contributed by atoms with E-state index in [2.05, 4.69) is 0 Å². The first-order valence-electron chi connectivity index (χ1n) is 10.2. The maximum absolute atomic E-state index is 11.7. The van der Waals surface area contributed by atoms with Gasteiger partial charge in [0.2, 0.25) is 10.0 Å². The lowest BCUT2D eigenvalue weighted by atomic mass is 9.89. The zero-order chi connectivity index (χ0) is 22.3. The Morgan fingerprint density at radius 3 is 2.56 bits per heavy atom. The van der Waals surface area contributed by atoms with E-state index in [0.717, 1.165) is 22.3 Å². The number of rotatable bonds is 4. The molecule has 5 rings (SSSR count). The lowest BCUT2D eigenvalue weighted by Crippen LogP contribution is -2.26. The lowest BCUT2D eigenvalue weighted by Gasteiger charge is -2.25. The van der Waals surface area contributed by atoms with Gasteiger partial charge in [-0.2, -0.15) is 0 Å². The molecule has 164 valence electrons. The number of para-hydroxylation sites is 1. The van der Waals surface area contributed by atoms with Crippen molar-refractivity contribution in [2.75, 3.05) is 12.3 Å². The summed E-state index contributed by atoms with van der Waals surface area (Å²) in [6.45, 7) is 0.338. The number of primary sulfonamides is 1. The highest BCUT2D eigenvalue weighted by atomic mass is 32.2. The molecule has 0 fully saturated rings. The minimum atomic E-state index is -3.85. The Morgan fingerprint density at radius 1 is 0.938 bits per heavy atom. The average molecular weight is 451 g/mol. The molecular formula is C24H22N2O5S. The van der Waals surface area contributed by atoms with Crippen molar-refractivity contribution in [3.63, 3.8) is 0 Å². The van der Waals surface area contributed by atoms with Crippen LogP contribution < -0.4 is 20.3 Å². The monoisotopic (exact) mass is 450 g/mol. The number of fused-ring (bicyclic) bond motifs is 2. The number of hydrogen-bond acceptors (Lipinski definition) is 6. The summed E-state index contributed by atoms with van der Waals surface area (Å²) in [5, 5.41) is 6.26. The van der Waals surface area contributed by atoms with Gasteiger partial charge in [-0.05, 0) is 42.0 Å². The number of sulfonamides is 1. The molecule has 0 bridgehead atoms. The van der Waals surface area contributed by atoms with E-state index in [9.17, 15) is 8.42 Å². The molecule has 1 aliphatic rings. The Morgan fingerprint density at radius 2 is 1.78 bits per heavy atom. The van der Waals surface area contributed by atoms with Crippen LogP contribution in [0.3, 0.4) is 0 Å². The summed E-state index contributed by atoms with van der Waals surface area (Å²) >= 11 is 0. The number of nitrogens with two attached hydrogens (primary N) is 2. The number of furan rings is 1. The number of anilines is 1. The number of ether oxygens (including phenoxy) is 2. The highest BCUT2D eigenvalue weighted by Crippen LogP contribution is 2.40. The van der Waals surface area contributed by atoms with Crippen LogP contribution in [0.2, 0.25) is 0 Å². The molecule has 2 heterocycles. The molecule has 8 heteroatoms. The maximum Gasteiger partial charge on any atom is 0.238 e. The van der Waals surface area contributed by atoms with Crippen molar-refractivity contribution in [2.24, 2.45) is 5.14 Å². The van der Waals surface area contributed by atoms with Crippen molar-refractivity contribution in [3.8, 4) is 11.5 Å². The predicted octanol–water partition coefficient (Wildman–Crippen LogP) is 4.02.